The fraction of sp³-hybridized carbons (Fsp3) is 0.208. The lowest BCUT2D eigenvalue weighted by atomic mass is 10.1. The summed E-state index contributed by atoms with van der Waals surface area (Å²) in [4.78, 5) is 28.7. The molecule has 1 aromatic heterocycles. The summed E-state index contributed by atoms with van der Waals surface area (Å²) in [5.74, 6) is 1.05. The van der Waals surface area contributed by atoms with Crippen LogP contribution in [0.15, 0.2) is 72.9 Å². The number of aromatic nitrogens is 1. The first-order valence-corrected chi connectivity index (χ1v) is 9.99. The van der Waals surface area contributed by atoms with E-state index >= 15 is 0 Å². The van der Waals surface area contributed by atoms with Crippen molar-refractivity contribution in [3.05, 3.63) is 84.1 Å². The predicted octanol–water partition coefficient (Wildman–Crippen LogP) is 4.71. The van der Waals surface area contributed by atoms with Crippen molar-refractivity contribution in [1.29, 1.82) is 0 Å². The monoisotopic (exact) mass is 401 g/mol. The van der Waals surface area contributed by atoms with Gasteiger partial charge in [-0.15, -0.1) is 0 Å². The molecule has 0 aliphatic heterocycles. The molecule has 0 saturated heterocycles. The van der Waals surface area contributed by atoms with Crippen LogP contribution in [0.4, 0.5) is 5.69 Å². The highest BCUT2D eigenvalue weighted by Crippen LogP contribution is 2.30. The average Bonchev–Trinajstić information content (AvgIpc) is 3.61. The van der Waals surface area contributed by atoms with E-state index in [1.54, 1.807) is 18.3 Å². The molecular formula is C24H23N3O3. The number of ether oxygens (including phenoxy) is 1. The van der Waals surface area contributed by atoms with Crippen molar-refractivity contribution in [3.8, 4) is 11.6 Å². The van der Waals surface area contributed by atoms with Crippen LogP contribution in [-0.4, -0.2) is 16.8 Å². The molecule has 1 aliphatic rings. The number of carbonyl (C=O) groups excluding carboxylic acids is 2. The van der Waals surface area contributed by atoms with Crippen LogP contribution in [-0.2, 0) is 4.79 Å². The third kappa shape index (κ3) is 5.03. The highest BCUT2D eigenvalue weighted by molar-refractivity contribution is 5.95. The molecule has 0 spiro atoms. The number of anilines is 1. The molecule has 0 radical (unpaired) electrons. The van der Waals surface area contributed by atoms with Gasteiger partial charge in [0.1, 0.15) is 5.75 Å². The molecule has 1 unspecified atom stereocenters. The fourth-order valence-corrected chi connectivity index (χ4v) is 3.02. The van der Waals surface area contributed by atoms with Crippen molar-refractivity contribution in [2.24, 2.45) is 5.92 Å². The Hall–Kier alpha value is -3.67. The van der Waals surface area contributed by atoms with E-state index in [4.69, 9.17) is 4.74 Å². The summed E-state index contributed by atoms with van der Waals surface area (Å²) in [6.07, 6.45) is 3.50. The molecule has 6 nitrogen and oxygen atoms in total. The van der Waals surface area contributed by atoms with Crippen molar-refractivity contribution in [2.45, 2.75) is 25.8 Å². The van der Waals surface area contributed by atoms with Gasteiger partial charge < -0.3 is 15.4 Å². The first kappa shape index (κ1) is 19.6. The van der Waals surface area contributed by atoms with E-state index in [0.717, 1.165) is 24.1 Å². The van der Waals surface area contributed by atoms with Gasteiger partial charge in [0, 0.05) is 29.4 Å². The molecule has 1 fully saturated rings. The van der Waals surface area contributed by atoms with Crippen LogP contribution in [0.5, 0.6) is 11.6 Å². The number of nitrogens with zero attached hydrogens (tertiary/aromatic N) is 1. The number of nitrogens with one attached hydrogen (secondary N) is 2. The summed E-state index contributed by atoms with van der Waals surface area (Å²) in [6, 6.07) is 19.9. The van der Waals surface area contributed by atoms with Crippen LogP contribution in [0.25, 0.3) is 0 Å². The van der Waals surface area contributed by atoms with Crippen molar-refractivity contribution in [3.63, 3.8) is 0 Å². The molecule has 1 aliphatic carbocycles. The third-order valence-electron chi connectivity index (χ3n) is 4.94. The minimum absolute atomic E-state index is 0.0790. The molecule has 30 heavy (non-hydrogen) atoms. The lowest BCUT2D eigenvalue weighted by Gasteiger charge is -2.15. The van der Waals surface area contributed by atoms with Crippen LogP contribution >= 0.6 is 0 Å². The number of amides is 2. The topological polar surface area (TPSA) is 80.3 Å². The maximum Gasteiger partial charge on any atom is 0.252 e. The standard InChI is InChI=1S/C24H23N3O3/c1-16(17-9-11-20(12-10-17)27-23(28)18-7-8-18)26-24(29)19-13-14-25-22(15-19)30-21-5-3-2-4-6-21/h2-6,9-16,18H,7-8H2,1H3,(H,26,29)(H,27,28). The highest BCUT2D eigenvalue weighted by atomic mass is 16.5. The lowest BCUT2D eigenvalue weighted by molar-refractivity contribution is -0.117. The second-order valence-electron chi connectivity index (χ2n) is 7.38. The van der Waals surface area contributed by atoms with Crippen LogP contribution in [0.2, 0.25) is 0 Å². The Bertz CT molecular complexity index is 1030. The zero-order valence-electron chi connectivity index (χ0n) is 16.7. The van der Waals surface area contributed by atoms with Gasteiger partial charge in [-0.2, -0.15) is 0 Å². The molecule has 2 N–H and O–H groups in total. The van der Waals surface area contributed by atoms with Crippen LogP contribution in [0.1, 0.15) is 41.7 Å². The Labute approximate surface area is 175 Å². The molecule has 1 saturated carbocycles. The summed E-state index contributed by atoms with van der Waals surface area (Å²) in [5, 5.41) is 5.90. The summed E-state index contributed by atoms with van der Waals surface area (Å²) >= 11 is 0. The van der Waals surface area contributed by atoms with Crippen molar-refractivity contribution < 1.29 is 14.3 Å². The number of hydrogen-bond donors (Lipinski definition) is 2. The molecule has 2 amide bonds. The van der Waals surface area contributed by atoms with E-state index in [-0.39, 0.29) is 23.8 Å². The lowest BCUT2D eigenvalue weighted by Crippen LogP contribution is -2.26. The Morgan fingerprint density at radius 3 is 2.47 bits per heavy atom. The minimum Gasteiger partial charge on any atom is -0.439 e. The fourth-order valence-electron chi connectivity index (χ4n) is 3.02. The number of hydrogen-bond acceptors (Lipinski definition) is 4. The van der Waals surface area contributed by atoms with Gasteiger partial charge in [-0.05, 0) is 55.7 Å². The molecule has 3 aromatic rings. The van der Waals surface area contributed by atoms with Crippen molar-refractivity contribution in [1.82, 2.24) is 10.3 Å². The van der Waals surface area contributed by atoms with Gasteiger partial charge in [-0.1, -0.05) is 30.3 Å². The number of pyridine rings is 1. The van der Waals surface area contributed by atoms with Crippen LogP contribution in [0, 0.1) is 5.92 Å². The summed E-state index contributed by atoms with van der Waals surface area (Å²) in [5.41, 5.74) is 2.18. The molecule has 4 rings (SSSR count). The van der Waals surface area contributed by atoms with Gasteiger partial charge in [0.2, 0.25) is 11.8 Å². The summed E-state index contributed by atoms with van der Waals surface area (Å²) in [7, 11) is 0. The van der Waals surface area contributed by atoms with E-state index in [1.165, 1.54) is 0 Å². The van der Waals surface area contributed by atoms with Gasteiger partial charge in [-0.25, -0.2) is 4.98 Å². The quantitative estimate of drug-likeness (QED) is 0.601. The first-order chi connectivity index (χ1) is 14.6. The number of rotatable bonds is 7. The van der Waals surface area contributed by atoms with Gasteiger partial charge >= 0.3 is 0 Å². The summed E-state index contributed by atoms with van der Waals surface area (Å²) < 4.78 is 5.70. The number of para-hydroxylation sites is 1. The summed E-state index contributed by atoms with van der Waals surface area (Å²) in [6.45, 7) is 1.91. The Balaban J connectivity index is 1.37. The molecule has 1 atom stereocenters. The van der Waals surface area contributed by atoms with E-state index in [0.29, 0.717) is 17.2 Å². The second-order valence-corrected chi connectivity index (χ2v) is 7.38. The average molecular weight is 401 g/mol. The number of carbonyl (C=O) groups is 2. The van der Waals surface area contributed by atoms with E-state index in [1.807, 2.05) is 61.5 Å². The SMILES string of the molecule is CC(NC(=O)c1ccnc(Oc2ccccc2)c1)c1ccc(NC(=O)C2CC2)cc1. The smallest absolute Gasteiger partial charge is 0.252 e. The third-order valence-corrected chi connectivity index (χ3v) is 4.94. The van der Waals surface area contributed by atoms with Gasteiger partial charge in [0.15, 0.2) is 0 Å². The van der Waals surface area contributed by atoms with Crippen molar-refractivity contribution >= 4 is 17.5 Å². The van der Waals surface area contributed by atoms with E-state index in [2.05, 4.69) is 15.6 Å². The Kier molecular flexibility index (Phi) is 5.75. The molecule has 6 heteroatoms. The van der Waals surface area contributed by atoms with Gasteiger partial charge in [0.25, 0.3) is 5.91 Å². The molecule has 1 heterocycles. The largest absolute Gasteiger partial charge is 0.439 e. The van der Waals surface area contributed by atoms with Gasteiger partial charge in [0.05, 0.1) is 6.04 Å². The Morgan fingerprint density at radius 1 is 1.03 bits per heavy atom. The normalized spacial score (nSPS) is 13.9. The molecule has 0 bridgehead atoms. The van der Waals surface area contributed by atoms with Crippen molar-refractivity contribution in [2.75, 3.05) is 5.32 Å². The zero-order chi connectivity index (χ0) is 20.9. The zero-order valence-corrected chi connectivity index (χ0v) is 16.7. The van der Waals surface area contributed by atoms with Crippen LogP contribution in [0.3, 0.4) is 0 Å². The number of benzene rings is 2. The van der Waals surface area contributed by atoms with Crippen LogP contribution < -0.4 is 15.4 Å². The Morgan fingerprint density at radius 2 is 1.77 bits per heavy atom. The highest BCUT2D eigenvalue weighted by Gasteiger charge is 2.29. The maximum atomic E-state index is 12.7. The van der Waals surface area contributed by atoms with E-state index in [9.17, 15) is 9.59 Å². The molecule has 152 valence electrons. The van der Waals surface area contributed by atoms with Gasteiger partial charge in [-0.3, -0.25) is 9.59 Å². The first-order valence-electron chi connectivity index (χ1n) is 9.99. The second kappa shape index (κ2) is 8.78. The minimum atomic E-state index is -0.214. The predicted molar refractivity (Wildman–Crippen MR) is 114 cm³/mol. The van der Waals surface area contributed by atoms with E-state index < -0.39 is 0 Å². The maximum absolute atomic E-state index is 12.7. The molecular weight excluding hydrogens is 378 g/mol. The molecule has 2 aromatic carbocycles.